The van der Waals surface area contributed by atoms with Crippen LogP contribution in [0.5, 0.6) is 0 Å². The first-order valence-corrected chi connectivity index (χ1v) is 17.3. The summed E-state index contributed by atoms with van der Waals surface area (Å²) >= 11 is 0. The SMILES string of the molecule is C#CCC/C(=C\C)c1c#cc(N(c2ccc(C3=CC4=C(CC3)N(c3ccccc3)C3=CC=CCC34)cc2)c2cccc3ccccc23)cc1. The molecule has 5 aromatic carbocycles. The maximum Gasteiger partial charge on any atom is 0.0974 e. The summed E-state index contributed by atoms with van der Waals surface area (Å²) in [5.41, 5.74) is 13.6. The molecule has 0 N–H and O–H groups in total. The van der Waals surface area contributed by atoms with E-state index in [0.717, 1.165) is 48.3 Å². The number of benzene rings is 4. The quantitative estimate of drug-likeness (QED) is 0.157. The largest absolute Gasteiger partial charge is 0.317 e. The van der Waals surface area contributed by atoms with Crippen molar-refractivity contribution in [2.24, 2.45) is 5.92 Å². The molecule has 8 rings (SSSR count). The maximum atomic E-state index is 5.57. The van der Waals surface area contributed by atoms with E-state index in [1.54, 1.807) is 0 Å². The first-order valence-electron chi connectivity index (χ1n) is 17.3. The Labute approximate surface area is 290 Å². The van der Waals surface area contributed by atoms with E-state index in [0.29, 0.717) is 12.3 Å². The van der Waals surface area contributed by atoms with Crippen molar-refractivity contribution in [1.82, 2.24) is 0 Å². The third-order valence-corrected chi connectivity index (χ3v) is 10.1. The van der Waals surface area contributed by atoms with Crippen LogP contribution in [0.1, 0.15) is 50.2 Å². The van der Waals surface area contributed by atoms with Crippen molar-refractivity contribution in [2.75, 3.05) is 9.80 Å². The molecule has 3 aliphatic rings. The Balaban J connectivity index is 1.16. The third kappa shape index (κ3) is 5.67. The van der Waals surface area contributed by atoms with E-state index in [1.165, 1.54) is 50.1 Å². The van der Waals surface area contributed by atoms with Crippen LogP contribution in [0.3, 0.4) is 0 Å². The van der Waals surface area contributed by atoms with Crippen molar-refractivity contribution in [3.05, 3.63) is 180 Å². The summed E-state index contributed by atoms with van der Waals surface area (Å²) in [6.07, 6.45) is 21.6. The Morgan fingerprint density at radius 1 is 0.898 bits per heavy atom. The van der Waals surface area contributed by atoms with Gasteiger partial charge in [-0.05, 0) is 115 Å². The van der Waals surface area contributed by atoms with Gasteiger partial charge in [0.1, 0.15) is 0 Å². The average Bonchev–Trinajstić information content (AvgIpc) is 3.50. The highest BCUT2D eigenvalue weighted by Crippen LogP contribution is 2.49. The molecule has 0 bridgehead atoms. The molecule has 0 aromatic heterocycles. The van der Waals surface area contributed by atoms with Gasteiger partial charge < -0.3 is 9.80 Å². The normalized spacial score (nSPS) is 16.8. The molecule has 1 heterocycles. The lowest BCUT2D eigenvalue weighted by Crippen LogP contribution is -2.20. The number of anilines is 4. The Morgan fingerprint density at radius 3 is 2.51 bits per heavy atom. The van der Waals surface area contributed by atoms with Crippen molar-refractivity contribution in [3.63, 3.8) is 0 Å². The van der Waals surface area contributed by atoms with Gasteiger partial charge in [-0.1, -0.05) is 97.1 Å². The Morgan fingerprint density at radius 2 is 1.71 bits per heavy atom. The van der Waals surface area contributed by atoms with Gasteiger partial charge in [-0.25, -0.2) is 0 Å². The number of allylic oxidation sites excluding steroid dienone is 9. The molecule has 1 unspecified atom stereocenters. The highest BCUT2D eigenvalue weighted by molar-refractivity contribution is 5.98. The summed E-state index contributed by atoms with van der Waals surface area (Å²) in [6, 6.07) is 46.3. The van der Waals surface area contributed by atoms with Crippen LogP contribution in [0.2, 0.25) is 0 Å². The predicted molar refractivity (Wildman–Crippen MR) is 207 cm³/mol. The Hall–Kier alpha value is -5.96. The zero-order valence-corrected chi connectivity index (χ0v) is 27.9. The lowest BCUT2D eigenvalue weighted by atomic mass is 9.85. The molecule has 0 spiro atoms. The highest BCUT2D eigenvalue weighted by atomic mass is 15.2. The number of hydrogen-bond acceptors (Lipinski definition) is 2. The molecule has 0 amide bonds. The number of terminal acetylenes is 1. The summed E-state index contributed by atoms with van der Waals surface area (Å²) in [4.78, 5) is 4.81. The minimum Gasteiger partial charge on any atom is -0.317 e. The van der Waals surface area contributed by atoms with Gasteiger partial charge in [-0.2, -0.15) is 0 Å². The number of rotatable bonds is 8. The summed E-state index contributed by atoms with van der Waals surface area (Å²) in [5, 5.41) is 2.40. The standard InChI is InChI=1S/C47H38N2/c1-3-5-14-34(4-2)35-23-28-40(29-24-35)48(45-22-13-16-37-15-9-10-19-42(37)45)41-30-25-36(26-31-41)38-27-32-47-44(33-38)43-20-11-12-21-46(43)49(47)39-17-7-6-8-18-39/h1,4,6-13,15-19,21-23,25-26,28,30-31,33,43H,5,14,20,27,32H2,2H3/b34-4+. The van der Waals surface area contributed by atoms with Gasteiger partial charge in [0, 0.05) is 46.1 Å². The van der Waals surface area contributed by atoms with E-state index < -0.39 is 0 Å². The number of hydrogen-bond donors (Lipinski definition) is 0. The van der Waals surface area contributed by atoms with E-state index in [9.17, 15) is 0 Å². The molecule has 5 aromatic rings. The van der Waals surface area contributed by atoms with Gasteiger partial charge in [-0.15, -0.1) is 12.3 Å². The summed E-state index contributed by atoms with van der Waals surface area (Å²) in [7, 11) is 0. The molecular weight excluding hydrogens is 593 g/mol. The molecule has 1 aliphatic heterocycles. The molecule has 0 saturated carbocycles. The molecular formula is C47H38N2. The monoisotopic (exact) mass is 630 g/mol. The van der Waals surface area contributed by atoms with Crippen molar-refractivity contribution in [2.45, 2.75) is 39.0 Å². The van der Waals surface area contributed by atoms with Crippen LogP contribution in [0, 0.1) is 30.4 Å². The molecule has 1 atom stereocenters. The number of fused-ring (bicyclic) bond motifs is 3. The molecule has 0 radical (unpaired) electrons. The van der Waals surface area contributed by atoms with Crippen LogP contribution in [0.15, 0.2) is 157 Å². The second-order valence-electron chi connectivity index (χ2n) is 12.8. The molecule has 2 aliphatic carbocycles. The highest BCUT2D eigenvalue weighted by Gasteiger charge is 2.37. The smallest absolute Gasteiger partial charge is 0.0974 e. The summed E-state index contributed by atoms with van der Waals surface area (Å²) in [6.45, 7) is 2.06. The van der Waals surface area contributed by atoms with Gasteiger partial charge in [0.25, 0.3) is 0 Å². The fraction of sp³-hybridized carbons (Fsp3) is 0.149. The summed E-state index contributed by atoms with van der Waals surface area (Å²) in [5.74, 6) is 3.17. The Kier molecular flexibility index (Phi) is 8.23. The number of para-hydroxylation sites is 1. The molecule has 0 fully saturated rings. The lowest BCUT2D eigenvalue weighted by Gasteiger charge is -2.27. The first-order chi connectivity index (χ1) is 24.2. The van der Waals surface area contributed by atoms with E-state index in [2.05, 4.69) is 174 Å². The van der Waals surface area contributed by atoms with E-state index in [1.807, 2.05) is 0 Å². The van der Waals surface area contributed by atoms with E-state index >= 15 is 0 Å². The van der Waals surface area contributed by atoms with Gasteiger partial charge >= 0.3 is 0 Å². The topological polar surface area (TPSA) is 6.48 Å². The second-order valence-corrected chi connectivity index (χ2v) is 12.8. The van der Waals surface area contributed by atoms with E-state index in [-0.39, 0.29) is 0 Å². The van der Waals surface area contributed by atoms with E-state index in [4.69, 9.17) is 6.42 Å². The van der Waals surface area contributed by atoms with Crippen LogP contribution in [-0.2, 0) is 0 Å². The van der Waals surface area contributed by atoms with Crippen LogP contribution in [-0.4, -0.2) is 0 Å². The van der Waals surface area contributed by atoms with Crippen LogP contribution in [0.25, 0.3) is 21.9 Å². The summed E-state index contributed by atoms with van der Waals surface area (Å²) < 4.78 is 0. The second kappa shape index (κ2) is 13.3. The zero-order chi connectivity index (χ0) is 33.2. The molecule has 2 heteroatoms. The maximum absolute atomic E-state index is 5.57. The van der Waals surface area contributed by atoms with Crippen molar-refractivity contribution in [1.29, 1.82) is 0 Å². The van der Waals surface area contributed by atoms with Crippen molar-refractivity contribution < 1.29 is 0 Å². The first kappa shape index (κ1) is 30.4. The van der Waals surface area contributed by atoms with Crippen LogP contribution >= 0.6 is 0 Å². The van der Waals surface area contributed by atoms with Gasteiger partial charge in [-0.3, -0.25) is 0 Å². The van der Waals surface area contributed by atoms with Gasteiger partial charge in [0.05, 0.1) is 11.4 Å². The fourth-order valence-corrected chi connectivity index (χ4v) is 7.66. The fourth-order valence-electron chi connectivity index (χ4n) is 7.66. The van der Waals surface area contributed by atoms with Crippen LogP contribution < -0.4 is 9.80 Å². The van der Waals surface area contributed by atoms with Crippen LogP contribution in [0.4, 0.5) is 22.7 Å². The minimum absolute atomic E-state index is 0.404. The number of nitrogens with zero attached hydrogens (tertiary/aromatic N) is 2. The van der Waals surface area contributed by atoms with Gasteiger partial charge in [0.2, 0.25) is 0 Å². The zero-order valence-electron chi connectivity index (χ0n) is 27.9. The Bertz CT molecular complexity index is 2200. The molecule has 49 heavy (non-hydrogen) atoms. The molecule has 0 saturated heterocycles. The third-order valence-electron chi connectivity index (χ3n) is 10.1. The minimum atomic E-state index is 0.404. The predicted octanol–water partition coefficient (Wildman–Crippen LogP) is 12.1. The lowest BCUT2D eigenvalue weighted by molar-refractivity contribution is 0.749. The van der Waals surface area contributed by atoms with Crippen molar-refractivity contribution in [3.8, 4) is 12.3 Å². The van der Waals surface area contributed by atoms with Crippen molar-refractivity contribution >= 4 is 44.7 Å². The molecule has 236 valence electrons. The average molecular weight is 631 g/mol. The van der Waals surface area contributed by atoms with Gasteiger partial charge in [0.15, 0.2) is 0 Å². The molecule has 2 nitrogen and oxygen atoms in total.